The second kappa shape index (κ2) is 8.32. The smallest absolute Gasteiger partial charge is 0.412 e. The number of ether oxygens (including phenoxy) is 2. The van der Waals surface area contributed by atoms with Gasteiger partial charge in [-0.1, -0.05) is 6.07 Å². The van der Waals surface area contributed by atoms with Crippen molar-refractivity contribution < 1.29 is 24.2 Å². The number of nitrogens with one attached hydrogen (secondary N) is 2. The lowest BCUT2D eigenvalue weighted by Gasteiger charge is -2.23. The Morgan fingerprint density at radius 2 is 1.90 bits per heavy atom. The number of esters is 1. The molecule has 8 nitrogen and oxygen atoms in total. The molecule has 1 amide bonds. The fourth-order valence-corrected chi connectivity index (χ4v) is 4.37. The quantitative estimate of drug-likeness (QED) is 0.629. The monoisotopic (exact) mass is 401 g/mol. The van der Waals surface area contributed by atoms with Crippen LogP contribution in [0.5, 0.6) is 0 Å². The fourth-order valence-electron chi connectivity index (χ4n) is 4.37. The number of nitrogens with zero attached hydrogens (tertiary/aromatic N) is 1. The minimum Gasteiger partial charge on any atom is -0.509 e. The van der Waals surface area contributed by atoms with Gasteiger partial charge in [0.05, 0.1) is 31.6 Å². The molecule has 1 aliphatic heterocycles. The van der Waals surface area contributed by atoms with E-state index in [1.165, 1.54) is 33.5 Å². The highest BCUT2D eigenvalue weighted by atomic mass is 16.6. The summed E-state index contributed by atoms with van der Waals surface area (Å²) in [5.41, 5.74) is 8.79. The predicted octanol–water partition coefficient (Wildman–Crippen LogP) is 2.36. The van der Waals surface area contributed by atoms with Crippen molar-refractivity contribution in [2.75, 3.05) is 25.0 Å². The van der Waals surface area contributed by atoms with Crippen molar-refractivity contribution in [1.29, 1.82) is 0 Å². The first-order chi connectivity index (χ1) is 14.0. The molecule has 3 N–H and O–H groups in total. The Labute approximate surface area is 169 Å². The van der Waals surface area contributed by atoms with Gasteiger partial charge in [0, 0.05) is 0 Å². The minimum atomic E-state index is -1.12. The van der Waals surface area contributed by atoms with Crippen molar-refractivity contribution in [3.05, 3.63) is 40.3 Å². The second-order valence-electron chi connectivity index (χ2n) is 7.61. The molecule has 1 atom stereocenters. The Morgan fingerprint density at radius 1 is 1.21 bits per heavy atom. The van der Waals surface area contributed by atoms with Gasteiger partial charge in [0.15, 0.2) is 0 Å². The van der Waals surface area contributed by atoms with Gasteiger partial charge in [-0.15, -0.1) is 0 Å². The molecule has 0 aromatic heterocycles. The molecule has 0 fully saturated rings. The van der Waals surface area contributed by atoms with Gasteiger partial charge in [0.2, 0.25) is 6.10 Å². The summed E-state index contributed by atoms with van der Waals surface area (Å²) in [7, 11) is 0. The van der Waals surface area contributed by atoms with Crippen LogP contribution in [0.3, 0.4) is 0 Å². The lowest BCUT2D eigenvalue weighted by atomic mass is 9.99. The fraction of sp³-hybridized carbons (Fsp3) is 0.524. The third kappa shape index (κ3) is 4.17. The second-order valence-corrected chi connectivity index (χ2v) is 7.61. The maximum Gasteiger partial charge on any atom is 0.412 e. The van der Waals surface area contributed by atoms with E-state index in [9.17, 15) is 14.7 Å². The van der Waals surface area contributed by atoms with Gasteiger partial charge in [-0.25, -0.2) is 15.0 Å². The maximum atomic E-state index is 12.7. The standard InChI is InChI=1S/C21H27N3O5/c1-2-28-20(26)18(12-24-11-15(25)10-22-24)29-21(27)23-19-16-7-3-5-13(16)9-14-6-4-8-17(14)19/h9,11,18,22,25H,2-8,10,12H2,1H3,(H,23,27). The van der Waals surface area contributed by atoms with Gasteiger partial charge in [-0.3, -0.25) is 5.32 Å². The van der Waals surface area contributed by atoms with E-state index >= 15 is 0 Å². The first-order valence-corrected chi connectivity index (χ1v) is 10.3. The zero-order valence-electron chi connectivity index (χ0n) is 16.6. The number of hydrogen-bond donors (Lipinski definition) is 3. The van der Waals surface area contributed by atoms with Crippen LogP contribution in [0.25, 0.3) is 0 Å². The molecule has 156 valence electrons. The van der Waals surface area contributed by atoms with Crippen LogP contribution in [-0.4, -0.2) is 48.0 Å². The van der Waals surface area contributed by atoms with Gasteiger partial charge in [-0.2, -0.15) is 0 Å². The number of aliphatic hydroxyl groups excluding tert-OH is 1. The summed E-state index contributed by atoms with van der Waals surface area (Å²) < 4.78 is 10.5. The molecule has 1 aromatic rings. The Hall–Kier alpha value is -2.74. The van der Waals surface area contributed by atoms with Crippen molar-refractivity contribution in [1.82, 2.24) is 10.4 Å². The highest BCUT2D eigenvalue weighted by Crippen LogP contribution is 2.38. The number of carbonyl (C=O) groups excluding carboxylic acids is 2. The number of carbonyl (C=O) groups is 2. The van der Waals surface area contributed by atoms with E-state index in [0.29, 0.717) is 0 Å². The average Bonchev–Trinajstić information content (AvgIpc) is 3.42. The van der Waals surface area contributed by atoms with Crippen LogP contribution in [0.2, 0.25) is 0 Å². The van der Waals surface area contributed by atoms with E-state index < -0.39 is 18.2 Å². The van der Waals surface area contributed by atoms with E-state index in [0.717, 1.165) is 44.2 Å². The van der Waals surface area contributed by atoms with Crippen LogP contribution in [0.1, 0.15) is 42.0 Å². The van der Waals surface area contributed by atoms with Crippen molar-refractivity contribution in [2.45, 2.75) is 51.6 Å². The Morgan fingerprint density at radius 3 is 2.48 bits per heavy atom. The molecule has 29 heavy (non-hydrogen) atoms. The van der Waals surface area contributed by atoms with E-state index in [1.54, 1.807) is 6.92 Å². The Bertz CT molecular complexity index is 819. The number of benzene rings is 1. The van der Waals surface area contributed by atoms with Crippen molar-refractivity contribution in [2.24, 2.45) is 0 Å². The third-order valence-corrected chi connectivity index (χ3v) is 5.63. The minimum absolute atomic E-state index is 0.0430. The molecule has 1 aromatic carbocycles. The molecule has 1 heterocycles. The van der Waals surface area contributed by atoms with E-state index in [-0.39, 0.29) is 25.5 Å². The molecule has 0 saturated carbocycles. The maximum absolute atomic E-state index is 12.7. The molecular formula is C21H27N3O5. The molecular weight excluding hydrogens is 374 g/mol. The van der Waals surface area contributed by atoms with E-state index in [1.807, 2.05) is 0 Å². The van der Waals surface area contributed by atoms with Crippen molar-refractivity contribution in [3.8, 4) is 0 Å². The van der Waals surface area contributed by atoms with Gasteiger partial charge in [-0.05, 0) is 67.7 Å². The molecule has 0 saturated heterocycles. The zero-order valence-corrected chi connectivity index (χ0v) is 16.6. The molecule has 8 heteroatoms. The molecule has 2 aliphatic carbocycles. The number of fused-ring (bicyclic) bond motifs is 2. The Kier molecular flexibility index (Phi) is 5.62. The molecule has 3 aliphatic rings. The molecule has 0 bridgehead atoms. The van der Waals surface area contributed by atoms with Gasteiger partial charge in [0.25, 0.3) is 0 Å². The van der Waals surface area contributed by atoms with Crippen molar-refractivity contribution in [3.63, 3.8) is 0 Å². The van der Waals surface area contributed by atoms with E-state index in [2.05, 4.69) is 16.8 Å². The van der Waals surface area contributed by atoms with Crippen LogP contribution in [0.4, 0.5) is 10.5 Å². The summed E-state index contributed by atoms with van der Waals surface area (Å²) >= 11 is 0. The topological polar surface area (TPSA) is 100 Å². The van der Waals surface area contributed by atoms with Crippen LogP contribution in [0.15, 0.2) is 18.0 Å². The molecule has 0 spiro atoms. The van der Waals surface area contributed by atoms with Crippen LogP contribution < -0.4 is 10.7 Å². The molecule has 0 radical (unpaired) electrons. The number of aryl methyl sites for hydroxylation is 2. The van der Waals surface area contributed by atoms with Crippen LogP contribution in [0, 0.1) is 0 Å². The number of anilines is 1. The number of aliphatic hydroxyl groups is 1. The van der Waals surface area contributed by atoms with Gasteiger partial charge < -0.3 is 19.6 Å². The molecule has 4 rings (SSSR count). The lowest BCUT2D eigenvalue weighted by Crippen LogP contribution is -2.43. The number of hydrazine groups is 1. The largest absolute Gasteiger partial charge is 0.509 e. The van der Waals surface area contributed by atoms with Crippen molar-refractivity contribution >= 4 is 17.7 Å². The summed E-state index contributed by atoms with van der Waals surface area (Å²) in [5.74, 6) is -0.472. The average molecular weight is 401 g/mol. The third-order valence-electron chi connectivity index (χ3n) is 5.63. The Balaban J connectivity index is 1.49. The number of amides is 1. The predicted molar refractivity (Wildman–Crippen MR) is 106 cm³/mol. The molecule has 1 unspecified atom stereocenters. The zero-order chi connectivity index (χ0) is 20.4. The van der Waals surface area contributed by atoms with E-state index in [4.69, 9.17) is 9.47 Å². The lowest BCUT2D eigenvalue weighted by molar-refractivity contribution is -0.153. The number of rotatable bonds is 6. The summed E-state index contributed by atoms with van der Waals surface area (Å²) in [6, 6.07) is 2.29. The summed E-state index contributed by atoms with van der Waals surface area (Å²) in [6.07, 6.45) is 5.82. The summed E-state index contributed by atoms with van der Waals surface area (Å²) in [4.78, 5) is 25.0. The summed E-state index contributed by atoms with van der Waals surface area (Å²) in [6.45, 7) is 2.20. The first-order valence-electron chi connectivity index (χ1n) is 10.3. The normalized spacial score (nSPS) is 18.1. The summed E-state index contributed by atoms with van der Waals surface area (Å²) in [5, 5.41) is 14.0. The van der Waals surface area contributed by atoms with Gasteiger partial charge in [0.1, 0.15) is 5.76 Å². The first kappa shape index (κ1) is 19.6. The SMILES string of the molecule is CCOC(=O)C(CN1C=C(O)CN1)OC(=O)Nc1c2c(cc3c1CCC3)CCC2. The highest BCUT2D eigenvalue weighted by Gasteiger charge is 2.30. The number of hydrogen-bond acceptors (Lipinski definition) is 7. The highest BCUT2D eigenvalue weighted by molar-refractivity contribution is 5.90. The van der Waals surface area contributed by atoms with Gasteiger partial charge >= 0.3 is 12.1 Å². The van der Waals surface area contributed by atoms with Crippen LogP contribution in [-0.2, 0) is 40.0 Å². The van der Waals surface area contributed by atoms with Crippen LogP contribution >= 0.6 is 0 Å².